The Labute approximate surface area is 207 Å². The summed E-state index contributed by atoms with van der Waals surface area (Å²) in [6, 6.07) is 10.9. The number of carbonyl (C=O) groups is 1. The van der Waals surface area contributed by atoms with Crippen molar-refractivity contribution in [2.45, 2.75) is 45.0 Å². The van der Waals surface area contributed by atoms with Crippen molar-refractivity contribution < 1.29 is 31.5 Å². The molecule has 0 bridgehead atoms. The number of alkyl carbamates (subject to hydrolysis) is 1. The van der Waals surface area contributed by atoms with Crippen LogP contribution in [0.1, 0.15) is 42.9 Å². The van der Waals surface area contributed by atoms with Gasteiger partial charge in [0.1, 0.15) is 10.6 Å². The Hall–Kier alpha value is -2.96. The van der Waals surface area contributed by atoms with Gasteiger partial charge in [-0.05, 0) is 57.0 Å². The molecule has 7 nitrogen and oxygen atoms in total. The molecule has 3 aromatic rings. The first-order valence-electron chi connectivity index (χ1n) is 10.4. The summed E-state index contributed by atoms with van der Waals surface area (Å²) in [5.74, 6) is 0. The topological polar surface area (TPSA) is 101 Å². The molecule has 1 unspecified atom stereocenters. The molecule has 0 radical (unpaired) electrons. The lowest BCUT2D eigenvalue weighted by molar-refractivity contribution is -0.137. The van der Waals surface area contributed by atoms with Crippen LogP contribution in [0.2, 0.25) is 0 Å². The van der Waals surface area contributed by atoms with Gasteiger partial charge in [-0.25, -0.2) is 14.0 Å². The van der Waals surface area contributed by atoms with E-state index in [0.29, 0.717) is 28.4 Å². The second-order valence-electron chi connectivity index (χ2n) is 8.60. The van der Waals surface area contributed by atoms with Crippen LogP contribution in [0.4, 0.5) is 23.7 Å². The molecule has 3 N–H and O–H groups in total. The van der Waals surface area contributed by atoms with Gasteiger partial charge in [0, 0.05) is 16.6 Å². The Morgan fingerprint density at radius 3 is 2.46 bits per heavy atom. The highest BCUT2D eigenvalue weighted by Crippen LogP contribution is 2.33. The Morgan fingerprint density at radius 1 is 1.17 bits per heavy atom. The highest BCUT2D eigenvalue weighted by atomic mass is 32.2. The van der Waals surface area contributed by atoms with Crippen LogP contribution >= 0.6 is 11.3 Å². The largest absolute Gasteiger partial charge is 0.444 e. The Bertz CT molecular complexity index is 1190. The highest BCUT2D eigenvalue weighted by Gasteiger charge is 2.31. The fourth-order valence-corrected chi connectivity index (χ4v) is 4.35. The minimum absolute atomic E-state index is 0.303. The highest BCUT2D eigenvalue weighted by molar-refractivity contribution is 7.80. The van der Waals surface area contributed by atoms with Crippen molar-refractivity contribution in [1.29, 1.82) is 0 Å². The zero-order valence-corrected chi connectivity index (χ0v) is 20.7. The number of thiazole rings is 1. The number of alkyl halides is 3. The van der Waals surface area contributed by atoms with Gasteiger partial charge in [0.25, 0.3) is 11.3 Å². The second kappa shape index (κ2) is 10.8. The molecule has 3 rings (SSSR count). The Balaban J connectivity index is 1.87. The number of carbonyl (C=O) groups excluding carboxylic acids is 1. The number of rotatable bonds is 7. The van der Waals surface area contributed by atoms with E-state index < -0.39 is 40.7 Å². The van der Waals surface area contributed by atoms with Crippen LogP contribution in [0, 0.1) is 0 Å². The molecule has 188 valence electrons. The summed E-state index contributed by atoms with van der Waals surface area (Å²) in [5.41, 5.74) is 0.394. The molecule has 1 heterocycles. The maximum absolute atomic E-state index is 13.1. The van der Waals surface area contributed by atoms with Crippen molar-refractivity contribution in [2.24, 2.45) is 0 Å². The van der Waals surface area contributed by atoms with Crippen molar-refractivity contribution in [1.82, 2.24) is 10.3 Å². The third kappa shape index (κ3) is 8.05. The summed E-state index contributed by atoms with van der Waals surface area (Å²) in [6.45, 7) is 5.19. The molecule has 1 amide bonds. The van der Waals surface area contributed by atoms with Gasteiger partial charge in [-0.3, -0.25) is 9.27 Å². The lowest BCUT2D eigenvalue weighted by atomic mass is 10.1. The Morgan fingerprint density at radius 2 is 1.86 bits per heavy atom. The first-order chi connectivity index (χ1) is 16.3. The molecule has 0 fully saturated rings. The minimum Gasteiger partial charge on any atom is -0.444 e. The van der Waals surface area contributed by atoms with E-state index in [1.165, 1.54) is 17.4 Å². The molecular weight excluding hydrogens is 503 g/mol. The first-order valence-corrected chi connectivity index (χ1v) is 12.4. The molecule has 0 aliphatic heterocycles. The monoisotopic (exact) mass is 527 g/mol. The second-order valence-corrected chi connectivity index (χ2v) is 10.2. The van der Waals surface area contributed by atoms with Crippen molar-refractivity contribution >= 4 is 34.4 Å². The van der Waals surface area contributed by atoms with Gasteiger partial charge in [-0.15, -0.1) is 11.3 Å². The van der Waals surface area contributed by atoms with E-state index in [1.54, 1.807) is 56.5 Å². The number of hydrogen-bond acceptors (Lipinski definition) is 5. The third-order valence-electron chi connectivity index (χ3n) is 4.60. The maximum Gasteiger partial charge on any atom is 0.416 e. The molecule has 35 heavy (non-hydrogen) atoms. The van der Waals surface area contributed by atoms with Gasteiger partial charge >= 0.3 is 12.3 Å². The molecule has 2 atom stereocenters. The van der Waals surface area contributed by atoms with Gasteiger partial charge in [-0.2, -0.15) is 13.2 Å². The number of anilines is 1. The standard InChI is InChI=1S/C23H24F3N3O4S2/c1-22(2,3)33-21(30)28-18(11-14-7-9-17(10-8-14)29-35(31)32)20-27-19(13-34-20)15-5-4-6-16(12-15)23(24,25)26/h4-10,12-13,18,29H,11H2,1-3H3,(H,28,30)(H,31,32)/t18-/m0/s1. The van der Waals surface area contributed by atoms with Crippen molar-refractivity contribution in [2.75, 3.05) is 4.72 Å². The summed E-state index contributed by atoms with van der Waals surface area (Å²) < 4.78 is 67.0. The van der Waals surface area contributed by atoms with Gasteiger partial charge in [-0.1, -0.05) is 24.3 Å². The van der Waals surface area contributed by atoms with E-state index in [2.05, 4.69) is 15.0 Å². The number of aromatic nitrogens is 1. The summed E-state index contributed by atoms with van der Waals surface area (Å²) in [6.07, 6.45) is -4.83. The van der Waals surface area contributed by atoms with Crippen LogP contribution in [0.5, 0.6) is 0 Å². The van der Waals surface area contributed by atoms with E-state index in [-0.39, 0.29) is 0 Å². The molecule has 0 spiro atoms. The third-order valence-corrected chi connectivity index (χ3v) is 5.96. The number of amides is 1. The molecule has 0 aliphatic rings. The predicted octanol–water partition coefficient (Wildman–Crippen LogP) is 6.19. The van der Waals surface area contributed by atoms with E-state index in [9.17, 15) is 22.2 Å². The van der Waals surface area contributed by atoms with Crippen LogP contribution in [-0.2, 0) is 28.6 Å². The Kier molecular flexibility index (Phi) is 8.18. The SMILES string of the molecule is CC(C)(C)OC(=O)N[C@@H](Cc1ccc(NS(=O)O)cc1)c1nc(-c2cccc(C(F)(F)F)c2)cs1. The van der Waals surface area contributed by atoms with Crippen LogP contribution in [0.25, 0.3) is 11.3 Å². The summed E-state index contributed by atoms with van der Waals surface area (Å²) in [5, 5.41) is 4.91. The first kappa shape index (κ1) is 26.6. The lowest BCUT2D eigenvalue weighted by Crippen LogP contribution is -2.35. The van der Waals surface area contributed by atoms with Crippen molar-refractivity contribution in [3.63, 3.8) is 0 Å². The van der Waals surface area contributed by atoms with Crippen LogP contribution in [0.15, 0.2) is 53.9 Å². The van der Waals surface area contributed by atoms with Gasteiger partial charge in [0.05, 0.1) is 17.3 Å². The van der Waals surface area contributed by atoms with Crippen molar-refractivity contribution in [3.05, 3.63) is 70.0 Å². The average molecular weight is 528 g/mol. The van der Waals surface area contributed by atoms with E-state index in [1.807, 2.05) is 0 Å². The molecular formula is C23H24F3N3O4S2. The lowest BCUT2D eigenvalue weighted by Gasteiger charge is -2.23. The van der Waals surface area contributed by atoms with Crippen LogP contribution in [-0.4, -0.2) is 25.4 Å². The molecule has 0 saturated carbocycles. The van der Waals surface area contributed by atoms with Gasteiger partial charge < -0.3 is 10.1 Å². The maximum atomic E-state index is 13.1. The fraction of sp³-hybridized carbons (Fsp3) is 0.304. The number of nitrogens with zero attached hydrogens (tertiary/aromatic N) is 1. The number of ether oxygens (including phenoxy) is 1. The van der Waals surface area contributed by atoms with E-state index in [0.717, 1.165) is 17.7 Å². The summed E-state index contributed by atoms with van der Waals surface area (Å²) >= 11 is -0.998. The number of nitrogens with one attached hydrogen (secondary N) is 2. The smallest absolute Gasteiger partial charge is 0.416 e. The van der Waals surface area contributed by atoms with E-state index >= 15 is 0 Å². The predicted molar refractivity (Wildman–Crippen MR) is 129 cm³/mol. The van der Waals surface area contributed by atoms with Gasteiger partial charge in [0.2, 0.25) is 0 Å². The minimum atomic E-state index is -4.47. The number of benzene rings is 2. The van der Waals surface area contributed by atoms with Gasteiger partial charge in [0.15, 0.2) is 0 Å². The quantitative estimate of drug-likeness (QED) is 0.318. The normalized spacial score (nSPS) is 13.7. The fourth-order valence-electron chi connectivity index (χ4n) is 3.13. The molecule has 2 aromatic carbocycles. The summed E-state index contributed by atoms with van der Waals surface area (Å²) in [4.78, 5) is 17.0. The molecule has 12 heteroatoms. The molecule has 1 aromatic heterocycles. The number of hydrogen-bond donors (Lipinski definition) is 3. The molecule has 0 aliphatic carbocycles. The molecule has 0 saturated heterocycles. The summed E-state index contributed by atoms with van der Waals surface area (Å²) in [7, 11) is 0. The number of halogens is 3. The van der Waals surface area contributed by atoms with Crippen molar-refractivity contribution in [3.8, 4) is 11.3 Å². The zero-order valence-electron chi connectivity index (χ0n) is 19.1. The zero-order chi connectivity index (χ0) is 25.8. The van der Waals surface area contributed by atoms with Crippen LogP contribution in [0.3, 0.4) is 0 Å². The van der Waals surface area contributed by atoms with Crippen LogP contribution < -0.4 is 10.0 Å². The average Bonchev–Trinajstić information content (AvgIpc) is 3.23. The van der Waals surface area contributed by atoms with E-state index in [4.69, 9.17) is 9.29 Å².